The van der Waals surface area contributed by atoms with Gasteiger partial charge in [-0.3, -0.25) is 9.52 Å². The van der Waals surface area contributed by atoms with Crippen LogP contribution in [0.4, 0.5) is 0 Å². The predicted octanol–water partition coefficient (Wildman–Crippen LogP) is 2.12. The second-order valence-electron chi connectivity index (χ2n) is 5.49. The Morgan fingerprint density at radius 1 is 1.25 bits per heavy atom. The van der Waals surface area contributed by atoms with E-state index in [-0.39, 0.29) is 17.9 Å². The largest absolute Gasteiger partial charge is 0.364 e. The third-order valence-electron chi connectivity index (χ3n) is 3.62. The number of benzene rings is 1. The Kier molecular flexibility index (Phi) is 4.66. The minimum absolute atomic E-state index is 0.136. The molecule has 2 heterocycles. The molecule has 0 aliphatic rings. The molecule has 0 fully saturated rings. The summed E-state index contributed by atoms with van der Waals surface area (Å²) in [6.07, 6.45) is 4.60. The number of aromatic amines is 1. The smallest absolute Gasteiger partial charge is 0.240 e. The number of amides is 1. The molecule has 8 heteroatoms. The number of hydrogen-bond acceptors (Lipinski definition) is 5. The van der Waals surface area contributed by atoms with Crippen molar-refractivity contribution >= 4 is 26.8 Å². The maximum absolute atomic E-state index is 11.9. The van der Waals surface area contributed by atoms with Gasteiger partial charge in [-0.25, -0.2) is 8.42 Å². The van der Waals surface area contributed by atoms with E-state index < -0.39 is 15.9 Å². The first-order chi connectivity index (χ1) is 11.5. The number of fused-ring (bicyclic) bond motifs is 1. The highest BCUT2D eigenvalue weighted by molar-refractivity contribution is 7.89. The lowest BCUT2D eigenvalue weighted by Crippen LogP contribution is -2.31. The van der Waals surface area contributed by atoms with Crippen molar-refractivity contribution in [1.82, 2.24) is 14.9 Å². The molecule has 0 saturated carbocycles. The lowest BCUT2D eigenvalue weighted by Gasteiger charge is -2.05. The highest BCUT2D eigenvalue weighted by Crippen LogP contribution is 2.19. The van der Waals surface area contributed by atoms with Gasteiger partial charge in [-0.05, 0) is 24.5 Å². The molecule has 0 spiro atoms. The lowest BCUT2D eigenvalue weighted by molar-refractivity contribution is -0.119. The standard InChI is InChI=1S/C16H17N3O4S/c20-16(19-24(21,22)11-13-8-9-23-18-13)7-3-4-12-10-17-15-6-2-1-5-14(12)15/h1-2,5-6,8-10,17H,3-4,7,11H2,(H,19,20). The van der Waals surface area contributed by atoms with Crippen LogP contribution in [0.15, 0.2) is 47.3 Å². The Labute approximate surface area is 139 Å². The van der Waals surface area contributed by atoms with E-state index in [4.69, 9.17) is 0 Å². The van der Waals surface area contributed by atoms with Gasteiger partial charge in [-0.15, -0.1) is 0 Å². The van der Waals surface area contributed by atoms with Crippen molar-refractivity contribution in [2.45, 2.75) is 25.0 Å². The Bertz CT molecular complexity index is 929. The van der Waals surface area contributed by atoms with Crippen LogP contribution in [0.3, 0.4) is 0 Å². The van der Waals surface area contributed by atoms with E-state index in [0.29, 0.717) is 12.8 Å². The predicted molar refractivity (Wildman–Crippen MR) is 88.5 cm³/mol. The molecule has 2 aromatic heterocycles. The summed E-state index contributed by atoms with van der Waals surface area (Å²) in [5.41, 5.74) is 2.42. The van der Waals surface area contributed by atoms with Crippen molar-refractivity contribution in [3.8, 4) is 0 Å². The number of carbonyl (C=O) groups excluding carboxylic acids is 1. The Morgan fingerprint density at radius 3 is 2.88 bits per heavy atom. The van der Waals surface area contributed by atoms with Crippen LogP contribution < -0.4 is 4.72 Å². The molecule has 0 aliphatic carbocycles. The van der Waals surface area contributed by atoms with Gasteiger partial charge in [0.05, 0.1) is 0 Å². The van der Waals surface area contributed by atoms with Crippen molar-refractivity contribution in [3.05, 3.63) is 54.0 Å². The van der Waals surface area contributed by atoms with E-state index in [9.17, 15) is 13.2 Å². The number of sulfonamides is 1. The number of nitrogens with one attached hydrogen (secondary N) is 2. The van der Waals surface area contributed by atoms with Crippen LogP contribution in [0.1, 0.15) is 24.1 Å². The van der Waals surface area contributed by atoms with Gasteiger partial charge in [-0.1, -0.05) is 23.4 Å². The molecule has 0 aliphatic heterocycles. The van der Waals surface area contributed by atoms with Gasteiger partial charge in [0.2, 0.25) is 15.9 Å². The van der Waals surface area contributed by atoms with E-state index in [2.05, 4.69) is 19.4 Å². The van der Waals surface area contributed by atoms with E-state index in [1.54, 1.807) is 0 Å². The number of hydrogen-bond donors (Lipinski definition) is 2. The summed E-state index contributed by atoms with van der Waals surface area (Å²) in [4.78, 5) is 15.0. The van der Waals surface area contributed by atoms with Gasteiger partial charge < -0.3 is 9.51 Å². The molecule has 3 aromatic rings. The second-order valence-corrected chi connectivity index (χ2v) is 7.21. The zero-order valence-corrected chi connectivity index (χ0v) is 13.7. The van der Waals surface area contributed by atoms with Crippen LogP contribution >= 0.6 is 0 Å². The third-order valence-corrected chi connectivity index (χ3v) is 4.84. The fraction of sp³-hybridized carbons (Fsp3) is 0.250. The van der Waals surface area contributed by atoms with Gasteiger partial charge in [0.1, 0.15) is 17.7 Å². The molecule has 1 aromatic carbocycles. The number of aryl methyl sites for hydroxylation is 1. The van der Waals surface area contributed by atoms with Gasteiger partial charge in [0.15, 0.2) is 0 Å². The van der Waals surface area contributed by atoms with E-state index in [1.807, 2.05) is 30.5 Å². The highest BCUT2D eigenvalue weighted by Gasteiger charge is 2.17. The van der Waals surface area contributed by atoms with E-state index in [1.165, 1.54) is 12.3 Å². The first-order valence-corrected chi connectivity index (χ1v) is 9.16. The summed E-state index contributed by atoms with van der Waals surface area (Å²) in [5.74, 6) is -0.893. The quantitative estimate of drug-likeness (QED) is 0.681. The van der Waals surface area contributed by atoms with Crippen molar-refractivity contribution in [2.75, 3.05) is 0 Å². The molecule has 7 nitrogen and oxygen atoms in total. The molecule has 126 valence electrons. The Balaban J connectivity index is 1.50. The van der Waals surface area contributed by atoms with Crippen molar-refractivity contribution in [2.24, 2.45) is 0 Å². The summed E-state index contributed by atoms with van der Waals surface area (Å²) >= 11 is 0. The second kappa shape index (κ2) is 6.88. The average molecular weight is 347 g/mol. The molecular weight excluding hydrogens is 330 g/mol. The summed E-state index contributed by atoms with van der Waals surface area (Å²) in [5, 5.41) is 4.65. The highest BCUT2D eigenvalue weighted by atomic mass is 32.2. The first kappa shape index (κ1) is 16.3. The number of aromatic nitrogens is 2. The minimum atomic E-state index is -3.75. The summed E-state index contributed by atoms with van der Waals surface area (Å²) in [6.45, 7) is 0. The van der Waals surface area contributed by atoms with Crippen LogP contribution in [0.5, 0.6) is 0 Å². The average Bonchev–Trinajstić information content (AvgIpc) is 3.16. The number of rotatable bonds is 7. The van der Waals surface area contributed by atoms with Gasteiger partial charge in [0.25, 0.3) is 0 Å². The molecule has 3 rings (SSSR count). The van der Waals surface area contributed by atoms with Crippen molar-refractivity contribution in [3.63, 3.8) is 0 Å². The maximum Gasteiger partial charge on any atom is 0.240 e. The fourth-order valence-electron chi connectivity index (χ4n) is 2.55. The van der Waals surface area contributed by atoms with Crippen LogP contribution in [0.2, 0.25) is 0 Å². The van der Waals surface area contributed by atoms with E-state index in [0.717, 1.165) is 16.5 Å². The molecule has 0 saturated heterocycles. The van der Waals surface area contributed by atoms with Crippen LogP contribution in [0, 0.1) is 0 Å². The van der Waals surface area contributed by atoms with Crippen LogP contribution in [-0.4, -0.2) is 24.5 Å². The zero-order chi connectivity index (χ0) is 17.0. The van der Waals surface area contributed by atoms with Gasteiger partial charge in [-0.2, -0.15) is 0 Å². The summed E-state index contributed by atoms with van der Waals surface area (Å²) < 4.78 is 30.3. The fourth-order valence-corrected chi connectivity index (χ4v) is 3.60. The van der Waals surface area contributed by atoms with Crippen LogP contribution in [0.25, 0.3) is 10.9 Å². The monoisotopic (exact) mass is 347 g/mol. The first-order valence-electron chi connectivity index (χ1n) is 7.51. The summed E-state index contributed by atoms with van der Waals surface area (Å²) in [6, 6.07) is 9.37. The summed E-state index contributed by atoms with van der Waals surface area (Å²) in [7, 11) is -3.75. The molecule has 0 atom stereocenters. The SMILES string of the molecule is O=C(CCCc1c[nH]c2ccccc12)NS(=O)(=O)Cc1ccon1. The number of nitrogens with zero attached hydrogens (tertiary/aromatic N) is 1. The topological polar surface area (TPSA) is 105 Å². The molecule has 0 bridgehead atoms. The van der Waals surface area contributed by atoms with Crippen molar-refractivity contribution in [1.29, 1.82) is 0 Å². The Morgan fingerprint density at radius 2 is 2.08 bits per heavy atom. The molecular formula is C16H17N3O4S. The number of carbonyl (C=O) groups is 1. The van der Waals surface area contributed by atoms with Gasteiger partial charge >= 0.3 is 0 Å². The lowest BCUT2D eigenvalue weighted by atomic mass is 10.1. The van der Waals surface area contributed by atoms with Crippen LogP contribution in [-0.2, 0) is 27.0 Å². The molecule has 0 radical (unpaired) electrons. The van der Waals surface area contributed by atoms with Gasteiger partial charge in [0, 0.05) is 29.6 Å². The Hall–Kier alpha value is -2.61. The van der Waals surface area contributed by atoms with E-state index >= 15 is 0 Å². The molecule has 2 N–H and O–H groups in total. The van der Waals surface area contributed by atoms with Crippen molar-refractivity contribution < 1.29 is 17.7 Å². The normalized spacial score (nSPS) is 11.7. The number of para-hydroxylation sites is 1. The zero-order valence-electron chi connectivity index (χ0n) is 12.9. The molecule has 0 unspecified atom stereocenters. The maximum atomic E-state index is 11.9. The number of H-pyrrole nitrogens is 1. The minimum Gasteiger partial charge on any atom is -0.364 e. The molecule has 24 heavy (non-hydrogen) atoms. The third kappa shape index (κ3) is 4.02. The molecule has 1 amide bonds.